The van der Waals surface area contributed by atoms with Crippen molar-refractivity contribution in [1.82, 2.24) is 14.7 Å². The summed E-state index contributed by atoms with van der Waals surface area (Å²) in [6.07, 6.45) is 11.5. The summed E-state index contributed by atoms with van der Waals surface area (Å²) in [5, 5.41) is 10.6. The minimum absolute atomic E-state index is 0.190. The topological polar surface area (TPSA) is 149 Å². The lowest BCUT2D eigenvalue weighted by atomic mass is 10.0. The molecule has 3 aliphatic carbocycles. The van der Waals surface area contributed by atoms with Gasteiger partial charge in [0.2, 0.25) is 0 Å². The minimum atomic E-state index is -1.13. The molecule has 0 saturated carbocycles. The number of nitrogens with one attached hydrogen (secondary N) is 1. The van der Waals surface area contributed by atoms with Crippen molar-refractivity contribution in [2.45, 2.75) is 64.2 Å². The standard InChI is InChI=1S/C20H14BrF2N3O2.C13H13BrN3O.C11H11BrO/c21-12-8-7-11-3-1-6-16-19(13(11)9-12)24-10-17(26(16)28)25-20(27)18-14(22)4-2-5-15(18)23;14-9-5-4-8-2-1-3-11-13(10(8)6-9)16-7-12(15)17(11)18;12-9-6-5-8-3-1-2-4-11(13)10(8)7-9/h2,4-5,7-10,28H,1,3,6H2;4-7H,1-3,15H2,(H,16,18);5-7H,1-4H2/q;+1;. The molecule has 9 rings (SSSR count). The number of nitrogens with zero attached hydrogens (tertiary/aromatic N) is 4. The second kappa shape index (κ2) is 18.4. The Labute approximate surface area is 363 Å². The number of carbonyl (C=O) groups is 2. The molecule has 302 valence electrons. The fourth-order valence-electron chi connectivity index (χ4n) is 7.52. The van der Waals surface area contributed by atoms with Crippen LogP contribution in [0.2, 0.25) is 0 Å². The first-order chi connectivity index (χ1) is 28.4. The van der Waals surface area contributed by atoms with Gasteiger partial charge in [0.05, 0.1) is 29.5 Å². The molecule has 4 N–H and O–H groups in total. The third kappa shape index (κ3) is 9.37. The van der Waals surface area contributed by atoms with E-state index in [1.807, 2.05) is 42.5 Å². The summed E-state index contributed by atoms with van der Waals surface area (Å²) in [5.74, 6) is -2.64. The van der Waals surface area contributed by atoms with Crippen LogP contribution in [0.1, 0.15) is 80.9 Å². The largest absolute Gasteiger partial charge is 0.427 e. The SMILES string of the molecule is Nc1c[nH]c2c([n+]1=O)CCCc1ccc(Br)cc1-2.O=C(N=c1cnc2c(n1O)CCCc1ccc(Br)cc1-2)c1c(F)cccc1F.O=C1CCCCc2ccc(Br)cc21. The molecule has 0 saturated heterocycles. The molecule has 2 heterocycles. The molecule has 3 aliphatic rings. The van der Waals surface area contributed by atoms with Crippen molar-refractivity contribution in [3.8, 4) is 22.5 Å². The highest BCUT2D eigenvalue weighted by Gasteiger charge is 2.23. The van der Waals surface area contributed by atoms with Crippen LogP contribution in [0.3, 0.4) is 0 Å². The lowest BCUT2D eigenvalue weighted by Gasteiger charge is -2.11. The second-order valence-electron chi connectivity index (χ2n) is 14.3. The summed E-state index contributed by atoms with van der Waals surface area (Å²) >= 11 is 10.3. The van der Waals surface area contributed by atoms with E-state index >= 15 is 0 Å². The Bertz CT molecular complexity index is 2730. The number of H-pyrrole nitrogens is 1. The van der Waals surface area contributed by atoms with Gasteiger partial charge in [-0.15, -0.1) is 0 Å². The molecule has 0 aliphatic heterocycles. The highest BCUT2D eigenvalue weighted by Crippen LogP contribution is 2.33. The van der Waals surface area contributed by atoms with Crippen molar-refractivity contribution in [1.29, 1.82) is 0 Å². The van der Waals surface area contributed by atoms with Gasteiger partial charge in [-0.3, -0.25) is 20.3 Å². The van der Waals surface area contributed by atoms with Crippen molar-refractivity contribution >= 4 is 65.3 Å². The van der Waals surface area contributed by atoms with Gasteiger partial charge in [0, 0.05) is 47.4 Å². The number of ketones is 1. The highest BCUT2D eigenvalue weighted by atomic mass is 79.9. The molecule has 0 radical (unpaired) electrons. The highest BCUT2D eigenvalue weighted by molar-refractivity contribution is 9.11. The Morgan fingerprint density at radius 2 is 1.34 bits per heavy atom. The zero-order valence-electron chi connectivity index (χ0n) is 31.6. The van der Waals surface area contributed by atoms with Crippen LogP contribution in [-0.4, -0.2) is 31.6 Å². The van der Waals surface area contributed by atoms with Gasteiger partial charge in [0.1, 0.15) is 17.2 Å². The first-order valence-corrected chi connectivity index (χ1v) is 21.4. The second-order valence-corrected chi connectivity index (χ2v) is 17.1. The monoisotopic (exact) mass is 989 g/mol. The summed E-state index contributed by atoms with van der Waals surface area (Å²) in [7, 11) is 0. The van der Waals surface area contributed by atoms with Gasteiger partial charge in [-0.05, 0) is 117 Å². The van der Waals surface area contributed by atoms with E-state index in [1.54, 1.807) is 6.20 Å². The average molecular weight is 993 g/mol. The molecule has 0 spiro atoms. The maximum absolute atomic E-state index is 13.8. The van der Waals surface area contributed by atoms with E-state index < -0.39 is 23.1 Å². The molecule has 59 heavy (non-hydrogen) atoms. The summed E-state index contributed by atoms with van der Waals surface area (Å²) in [5.41, 5.74) is 13.8. The lowest BCUT2D eigenvalue weighted by Crippen LogP contribution is -2.27. The van der Waals surface area contributed by atoms with Gasteiger partial charge in [-0.2, -0.15) is 9.72 Å². The molecule has 2 aromatic heterocycles. The van der Waals surface area contributed by atoms with E-state index in [9.17, 15) is 28.5 Å². The number of nitrogens with two attached hydrogens (primary N) is 1. The molecule has 0 fully saturated rings. The maximum atomic E-state index is 13.8. The molecule has 6 aromatic rings. The Morgan fingerprint density at radius 3 is 2.02 bits per heavy atom. The third-order valence-electron chi connectivity index (χ3n) is 10.4. The molecule has 0 bridgehead atoms. The zero-order valence-corrected chi connectivity index (χ0v) is 36.3. The summed E-state index contributed by atoms with van der Waals surface area (Å²) in [6.45, 7) is 0. The fraction of sp³-hybridized carbons (Fsp3) is 0.227. The van der Waals surface area contributed by atoms with E-state index in [0.717, 1.165) is 126 Å². The molecule has 0 atom stereocenters. The number of carbonyl (C=O) groups excluding carboxylic acids is 2. The number of benzene rings is 4. The summed E-state index contributed by atoms with van der Waals surface area (Å²) in [6, 6.07) is 21.2. The zero-order chi connectivity index (χ0) is 41.8. The molecular weight excluding hydrogens is 954 g/mol. The number of aryl methyl sites for hydroxylation is 3. The van der Waals surface area contributed by atoms with Crippen LogP contribution in [0, 0.1) is 16.5 Å². The predicted octanol–water partition coefficient (Wildman–Crippen LogP) is 9.85. The molecule has 15 heteroatoms. The molecule has 1 amide bonds. The van der Waals surface area contributed by atoms with Crippen molar-refractivity contribution in [2.24, 2.45) is 4.99 Å². The van der Waals surface area contributed by atoms with Gasteiger partial charge in [0.15, 0.2) is 17.0 Å². The predicted molar refractivity (Wildman–Crippen MR) is 231 cm³/mol. The number of halogens is 5. The van der Waals surface area contributed by atoms with Crippen LogP contribution in [-0.2, 0) is 32.1 Å². The van der Waals surface area contributed by atoms with Crippen molar-refractivity contribution in [3.05, 3.63) is 160 Å². The number of Topliss-reactive ketones (excluding diaryl/α,β-unsaturated/α-hetero) is 1. The van der Waals surface area contributed by atoms with Crippen LogP contribution in [0.25, 0.3) is 22.5 Å². The Kier molecular flexibility index (Phi) is 13.1. The van der Waals surface area contributed by atoms with E-state index in [0.29, 0.717) is 30.0 Å². The minimum Gasteiger partial charge on any atom is -0.427 e. The van der Waals surface area contributed by atoms with E-state index in [-0.39, 0.29) is 11.3 Å². The van der Waals surface area contributed by atoms with Gasteiger partial charge in [-0.1, -0.05) is 77.0 Å². The maximum Gasteiger partial charge on any atom is 0.333 e. The number of amides is 1. The molecule has 10 nitrogen and oxygen atoms in total. The fourth-order valence-corrected chi connectivity index (χ4v) is 8.61. The van der Waals surface area contributed by atoms with E-state index in [4.69, 9.17) is 5.73 Å². The smallest absolute Gasteiger partial charge is 0.333 e. The van der Waals surface area contributed by atoms with Gasteiger partial charge >= 0.3 is 5.82 Å². The lowest BCUT2D eigenvalue weighted by molar-refractivity contribution is -0.488. The number of nitrogen functional groups attached to an aromatic ring is 1. The summed E-state index contributed by atoms with van der Waals surface area (Å²) < 4.78 is 32.1. The van der Waals surface area contributed by atoms with Gasteiger partial charge in [0.25, 0.3) is 5.91 Å². The number of fused-ring (bicyclic) bond motifs is 7. The Balaban J connectivity index is 0.000000146. The van der Waals surface area contributed by atoms with Crippen molar-refractivity contribution in [2.75, 3.05) is 5.73 Å². The molecule has 4 aromatic carbocycles. The normalized spacial score (nSPS) is 14.3. The molecule has 0 unspecified atom stereocenters. The van der Waals surface area contributed by atoms with Crippen LogP contribution in [0.5, 0.6) is 0 Å². The number of rotatable bonds is 1. The first kappa shape index (κ1) is 42.0. The molecular formula is C44H38Br3F2N6O4+. The van der Waals surface area contributed by atoms with Crippen LogP contribution in [0.4, 0.5) is 14.6 Å². The van der Waals surface area contributed by atoms with Gasteiger partial charge in [-0.25, -0.2) is 8.78 Å². The van der Waals surface area contributed by atoms with E-state index in [1.165, 1.54) is 17.3 Å². The van der Waals surface area contributed by atoms with Crippen LogP contribution in [0.15, 0.2) is 104 Å². The van der Waals surface area contributed by atoms with E-state index in [2.05, 4.69) is 74.9 Å². The van der Waals surface area contributed by atoms with Gasteiger partial charge < -0.3 is 10.2 Å². The number of hydrogen-bond acceptors (Lipinski definition) is 6. The summed E-state index contributed by atoms with van der Waals surface area (Å²) in [4.78, 5) is 47.2. The third-order valence-corrected chi connectivity index (χ3v) is 11.9. The van der Waals surface area contributed by atoms with Crippen molar-refractivity contribution in [3.63, 3.8) is 0 Å². The van der Waals surface area contributed by atoms with Crippen LogP contribution < -0.4 is 15.6 Å². The quantitative estimate of drug-likeness (QED) is 0.0849. The number of anilines is 1. The number of aromatic nitrogens is 4. The first-order valence-electron chi connectivity index (χ1n) is 19.0. The Hall–Kier alpha value is -5.12. The number of aromatic amines is 1. The van der Waals surface area contributed by atoms with Crippen molar-refractivity contribution < 1.29 is 28.0 Å². The number of hydrogen-bond donors (Lipinski definition) is 3. The average Bonchev–Trinajstić information content (AvgIpc) is 3.61. The Morgan fingerprint density at radius 1 is 0.780 bits per heavy atom. The van der Waals surface area contributed by atoms with Crippen LogP contribution >= 0.6 is 47.8 Å².